The van der Waals surface area contributed by atoms with Gasteiger partial charge in [-0.25, -0.2) is 0 Å². The summed E-state index contributed by atoms with van der Waals surface area (Å²) in [6.45, 7) is 1.38. The molecule has 2 nitrogen and oxygen atoms in total. The molecule has 1 rings (SSSR count). The molecule has 1 fully saturated rings. The van der Waals surface area contributed by atoms with E-state index >= 15 is 0 Å². The minimum atomic E-state index is -0.690. The Labute approximate surface area is 94.9 Å². The van der Waals surface area contributed by atoms with Crippen LogP contribution in [0.25, 0.3) is 0 Å². The largest absolute Gasteiger partial charge is 1.00 e. The van der Waals surface area contributed by atoms with E-state index < -0.39 is 5.60 Å². The second-order valence-electron chi connectivity index (χ2n) is 3.27. The van der Waals surface area contributed by atoms with Crippen LogP contribution in [-0.2, 0) is 31.9 Å². The van der Waals surface area contributed by atoms with Gasteiger partial charge >= 0.3 is 28.3 Å². The van der Waals surface area contributed by atoms with Gasteiger partial charge in [-0.15, -0.1) is 0 Å². The van der Waals surface area contributed by atoms with E-state index in [-0.39, 0.29) is 28.3 Å². The van der Waals surface area contributed by atoms with Gasteiger partial charge in [0, 0.05) is 6.92 Å². The third-order valence-corrected chi connectivity index (χ3v) is 2.23. The van der Waals surface area contributed by atoms with Crippen molar-refractivity contribution in [3.05, 3.63) is 6.42 Å². The van der Waals surface area contributed by atoms with Crippen molar-refractivity contribution in [3.8, 4) is 5.92 Å². The van der Waals surface area contributed by atoms with Gasteiger partial charge in [-0.2, -0.15) is 0 Å². The van der Waals surface area contributed by atoms with Crippen LogP contribution in [0.5, 0.6) is 0 Å². The molecule has 0 radical (unpaired) electrons. The maximum Gasteiger partial charge on any atom is 1.00 e. The molecule has 0 atom stereocenters. The van der Waals surface area contributed by atoms with Crippen molar-refractivity contribution in [2.45, 2.75) is 44.6 Å². The van der Waals surface area contributed by atoms with Gasteiger partial charge in [0.1, 0.15) is 5.60 Å². The number of carbonyl (C=O) groups is 1. The standard InChI is InChI=1S/C10H13O2.Ag/c1-3-10(12-9(2)11)7-5-4-6-8-10;/h4-8H2,2H3;/q-1;+1. The first-order valence-electron chi connectivity index (χ1n) is 4.32. The molecule has 1 saturated carbocycles. The fraction of sp³-hybridized carbons (Fsp3) is 0.700. The Morgan fingerprint density at radius 1 is 1.38 bits per heavy atom. The predicted molar refractivity (Wildman–Crippen MR) is 44.7 cm³/mol. The van der Waals surface area contributed by atoms with E-state index in [0.29, 0.717) is 0 Å². The molecule has 0 aromatic heterocycles. The molecule has 0 amide bonds. The minimum absolute atomic E-state index is 0. The molecular formula is C10H13AgO2. The van der Waals surface area contributed by atoms with Crippen LogP contribution >= 0.6 is 0 Å². The average molecular weight is 273 g/mol. The number of esters is 1. The minimum Gasteiger partial charge on any atom is -0.690 e. The van der Waals surface area contributed by atoms with Crippen molar-refractivity contribution < 1.29 is 31.9 Å². The summed E-state index contributed by atoms with van der Waals surface area (Å²) in [6.07, 6.45) is 11.9. The van der Waals surface area contributed by atoms with Crippen LogP contribution in [0.1, 0.15) is 39.0 Å². The molecule has 0 bridgehead atoms. The normalized spacial score (nSPS) is 19.4. The Balaban J connectivity index is 0.00000144. The molecule has 0 spiro atoms. The average Bonchev–Trinajstić information content (AvgIpc) is 2.05. The Kier molecular flexibility index (Phi) is 5.39. The fourth-order valence-electron chi connectivity index (χ4n) is 1.65. The zero-order valence-corrected chi connectivity index (χ0v) is 9.14. The van der Waals surface area contributed by atoms with E-state index in [1.807, 2.05) is 0 Å². The van der Waals surface area contributed by atoms with Crippen LogP contribution in [0.3, 0.4) is 0 Å². The van der Waals surface area contributed by atoms with Crippen LogP contribution in [0.15, 0.2) is 0 Å². The molecule has 0 saturated heterocycles. The van der Waals surface area contributed by atoms with Gasteiger partial charge in [-0.05, 0) is 25.7 Å². The quantitative estimate of drug-likeness (QED) is 0.315. The summed E-state index contributed by atoms with van der Waals surface area (Å²) >= 11 is 0. The van der Waals surface area contributed by atoms with Crippen LogP contribution in [0.4, 0.5) is 0 Å². The molecule has 0 N–H and O–H groups in total. The van der Waals surface area contributed by atoms with Crippen LogP contribution < -0.4 is 0 Å². The first-order chi connectivity index (χ1) is 5.68. The van der Waals surface area contributed by atoms with Crippen molar-refractivity contribution in [2.24, 2.45) is 0 Å². The topological polar surface area (TPSA) is 26.3 Å². The van der Waals surface area contributed by atoms with Gasteiger partial charge in [-0.1, -0.05) is 6.42 Å². The Bertz CT molecular complexity index is 211. The van der Waals surface area contributed by atoms with Crippen LogP contribution in [-0.4, -0.2) is 11.6 Å². The molecule has 0 aromatic carbocycles. The Morgan fingerprint density at radius 2 is 1.92 bits per heavy atom. The number of hydrogen-bond acceptors (Lipinski definition) is 2. The first kappa shape index (κ1) is 12.8. The zero-order valence-electron chi connectivity index (χ0n) is 7.65. The van der Waals surface area contributed by atoms with Gasteiger partial charge in [0.2, 0.25) is 0 Å². The third kappa shape index (κ3) is 3.56. The molecular weight excluding hydrogens is 260 g/mol. The number of ether oxygens (including phenoxy) is 1. The zero-order chi connectivity index (χ0) is 9.03. The SMILES string of the molecule is [Ag+].[C-]#CC1(OC(C)=O)CCCCC1. The Morgan fingerprint density at radius 3 is 2.31 bits per heavy atom. The van der Waals surface area contributed by atoms with Crippen molar-refractivity contribution >= 4 is 5.97 Å². The molecule has 76 valence electrons. The summed E-state index contributed by atoms with van der Waals surface area (Å²) in [5, 5.41) is 0. The van der Waals surface area contributed by atoms with Gasteiger partial charge in [0.05, 0.1) is 0 Å². The second-order valence-corrected chi connectivity index (χ2v) is 3.27. The number of hydrogen-bond donors (Lipinski definition) is 0. The molecule has 3 heteroatoms. The monoisotopic (exact) mass is 272 g/mol. The summed E-state index contributed by atoms with van der Waals surface area (Å²) in [5.74, 6) is 2.05. The summed E-state index contributed by atoms with van der Waals surface area (Å²) in [5.41, 5.74) is -0.690. The molecule has 0 aliphatic heterocycles. The third-order valence-electron chi connectivity index (χ3n) is 2.23. The van der Waals surface area contributed by atoms with Crippen molar-refractivity contribution in [2.75, 3.05) is 0 Å². The number of carbonyl (C=O) groups excluding carboxylic acids is 1. The summed E-state index contributed by atoms with van der Waals surface area (Å²) in [6, 6.07) is 0. The van der Waals surface area contributed by atoms with Crippen molar-refractivity contribution in [1.29, 1.82) is 0 Å². The molecule has 1 aliphatic rings. The maximum atomic E-state index is 10.7. The van der Waals surface area contributed by atoms with E-state index in [2.05, 4.69) is 5.92 Å². The van der Waals surface area contributed by atoms with Gasteiger partial charge in [-0.3, -0.25) is 4.79 Å². The van der Waals surface area contributed by atoms with Crippen molar-refractivity contribution in [1.82, 2.24) is 0 Å². The van der Waals surface area contributed by atoms with Gasteiger partial charge in [0.25, 0.3) is 0 Å². The summed E-state index contributed by atoms with van der Waals surface area (Å²) in [4.78, 5) is 10.7. The van der Waals surface area contributed by atoms with Crippen LogP contribution in [0, 0.1) is 12.3 Å². The summed E-state index contributed by atoms with van der Waals surface area (Å²) in [7, 11) is 0. The van der Waals surface area contributed by atoms with Gasteiger partial charge in [0.15, 0.2) is 0 Å². The van der Waals surface area contributed by atoms with E-state index in [1.54, 1.807) is 0 Å². The molecule has 0 aromatic rings. The Hall–Kier alpha value is -0.230. The van der Waals surface area contributed by atoms with E-state index in [9.17, 15) is 4.79 Å². The molecule has 0 unspecified atom stereocenters. The smallest absolute Gasteiger partial charge is 0.690 e. The van der Waals surface area contributed by atoms with Gasteiger partial charge < -0.3 is 17.1 Å². The van der Waals surface area contributed by atoms with E-state index in [0.717, 1.165) is 25.7 Å². The predicted octanol–water partition coefficient (Wildman–Crippen LogP) is 1.84. The maximum absolute atomic E-state index is 10.7. The fourth-order valence-corrected chi connectivity index (χ4v) is 1.65. The number of rotatable bonds is 1. The first-order valence-corrected chi connectivity index (χ1v) is 4.32. The van der Waals surface area contributed by atoms with E-state index in [1.165, 1.54) is 13.3 Å². The molecule has 0 heterocycles. The van der Waals surface area contributed by atoms with Crippen molar-refractivity contribution in [3.63, 3.8) is 0 Å². The van der Waals surface area contributed by atoms with E-state index in [4.69, 9.17) is 11.2 Å². The molecule has 1 aliphatic carbocycles. The van der Waals surface area contributed by atoms with Crippen LogP contribution in [0.2, 0.25) is 0 Å². The molecule has 13 heavy (non-hydrogen) atoms. The summed E-state index contributed by atoms with van der Waals surface area (Å²) < 4.78 is 5.09. The second kappa shape index (κ2) is 5.49.